The molecule has 2 heteroatoms. The van der Waals surface area contributed by atoms with Gasteiger partial charge in [-0.05, 0) is 17.7 Å². The molecule has 0 radical (unpaired) electrons. The van der Waals surface area contributed by atoms with E-state index < -0.39 is 0 Å². The number of methoxy groups -OCH3 is 1. The lowest BCUT2D eigenvalue weighted by molar-refractivity contribution is 0.406. The third-order valence-corrected chi connectivity index (χ3v) is 2.02. The molecular formula is C10H12O2. The normalized spacial score (nSPS) is 20.6. The van der Waals surface area contributed by atoms with Gasteiger partial charge in [0, 0.05) is 6.42 Å². The SMILES string of the molecule is COc1ccc(C[C@H]2CO2)cc1. The van der Waals surface area contributed by atoms with E-state index in [1.165, 1.54) is 5.56 Å². The van der Waals surface area contributed by atoms with E-state index in [1.54, 1.807) is 7.11 Å². The highest BCUT2D eigenvalue weighted by atomic mass is 16.6. The Balaban J connectivity index is 2.02. The van der Waals surface area contributed by atoms with Gasteiger partial charge < -0.3 is 9.47 Å². The lowest BCUT2D eigenvalue weighted by atomic mass is 10.1. The Bertz CT molecular complexity index is 249. The highest BCUT2D eigenvalue weighted by Gasteiger charge is 2.22. The molecule has 1 fully saturated rings. The van der Waals surface area contributed by atoms with E-state index in [4.69, 9.17) is 9.47 Å². The fourth-order valence-corrected chi connectivity index (χ4v) is 1.21. The Labute approximate surface area is 72.1 Å². The lowest BCUT2D eigenvalue weighted by Crippen LogP contribution is -1.92. The molecule has 1 aromatic carbocycles. The average Bonchev–Trinajstić information content (AvgIpc) is 2.90. The standard InChI is InChI=1S/C10H12O2/c1-11-9-4-2-8(3-5-9)6-10-7-12-10/h2-5,10H,6-7H2,1H3/t10-/m0/s1. The van der Waals surface area contributed by atoms with Gasteiger partial charge in [-0.2, -0.15) is 0 Å². The number of hydrogen-bond donors (Lipinski definition) is 0. The minimum atomic E-state index is 0.471. The Morgan fingerprint density at radius 2 is 2.08 bits per heavy atom. The van der Waals surface area contributed by atoms with Crippen LogP contribution in [0.1, 0.15) is 5.56 Å². The predicted molar refractivity (Wildman–Crippen MR) is 46.4 cm³/mol. The quantitative estimate of drug-likeness (QED) is 0.633. The van der Waals surface area contributed by atoms with Gasteiger partial charge in [0.15, 0.2) is 0 Å². The Hall–Kier alpha value is -1.02. The van der Waals surface area contributed by atoms with Crippen LogP contribution in [0.3, 0.4) is 0 Å². The largest absolute Gasteiger partial charge is 0.497 e. The van der Waals surface area contributed by atoms with Gasteiger partial charge in [0.2, 0.25) is 0 Å². The molecule has 1 saturated heterocycles. The molecule has 0 saturated carbocycles. The van der Waals surface area contributed by atoms with Gasteiger partial charge in [0.1, 0.15) is 5.75 Å². The van der Waals surface area contributed by atoms with Crippen LogP contribution >= 0.6 is 0 Å². The third-order valence-electron chi connectivity index (χ3n) is 2.02. The number of benzene rings is 1. The zero-order valence-corrected chi connectivity index (χ0v) is 7.12. The summed E-state index contributed by atoms with van der Waals surface area (Å²) in [6.07, 6.45) is 1.50. The second-order valence-corrected chi connectivity index (χ2v) is 3.01. The molecule has 0 unspecified atom stereocenters. The van der Waals surface area contributed by atoms with E-state index in [0.717, 1.165) is 18.8 Å². The molecule has 2 rings (SSSR count). The highest BCUT2D eigenvalue weighted by molar-refractivity contribution is 5.27. The molecule has 0 aromatic heterocycles. The van der Waals surface area contributed by atoms with Crippen LogP contribution in [0.15, 0.2) is 24.3 Å². The molecule has 2 nitrogen and oxygen atoms in total. The topological polar surface area (TPSA) is 21.8 Å². The van der Waals surface area contributed by atoms with Crippen LogP contribution in [0.4, 0.5) is 0 Å². The van der Waals surface area contributed by atoms with E-state index in [0.29, 0.717) is 6.10 Å². The fourth-order valence-electron chi connectivity index (χ4n) is 1.21. The van der Waals surface area contributed by atoms with Gasteiger partial charge in [-0.1, -0.05) is 12.1 Å². The summed E-state index contributed by atoms with van der Waals surface area (Å²) in [5.41, 5.74) is 1.32. The van der Waals surface area contributed by atoms with Gasteiger partial charge >= 0.3 is 0 Å². The molecule has 1 atom stereocenters. The zero-order valence-electron chi connectivity index (χ0n) is 7.12. The molecule has 12 heavy (non-hydrogen) atoms. The van der Waals surface area contributed by atoms with Crippen molar-refractivity contribution in [3.05, 3.63) is 29.8 Å². The van der Waals surface area contributed by atoms with Crippen molar-refractivity contribution in [1.82, 2.24) is 0 Å². The van der Waals surface area contributed by atoms with E-state index in [-0.39, 0.29) is 0 Å². The van der Waals surface area contributed by atoms with Crippen molar-refractivity contribution in [1.29, 1.82) is 0 Å². The maximum absolute atomic E-state index is 5.14. The summed E-state index contributed by atoms with van der Waals surface area (Å²) in [5.74, 6) is 0.912. The van der Waals surface area contributed by atoms with E-state index in [9.17, 15) is 0 Å². The van der Waals surface area contributed by atoms with Crippen molar-refractivity contribution in [2.24, 2.45) is 0 Å². The molecular weight excluding hydrogens is 152 g/mol. The average molecular weight is 164 g/mol. The van der Waals surface area contributed by atoms with Gasteiger partial charge in [0.25, 0.3) is 0 Å². The van der Waals surface area contributed by atoms with Gasteiger partial charge in [-0.3, -0.25) is 0 Å². The number of epoxide rings is 1. The van der Waals surface area contributed by atoms with Crippen LogP contribution < -0.4 is 4.74 Å². The highest BCUT2D eigenvalue weighted by Crippen LogP contribution is 2.18. The summed E-state index contributed by atoms with van der Waals surface area (Å²) in [6.45, 7) is 0.923. The van der Waals surface area contributed by atoms with Gasteiger partial charge in [-0.25, -0.2) is 0 Å². The summed E-state index contributed by atoms with van der Waals surface area (Å²) in [5, 5.41) is 0. The molecule has 1 aliphatic heterocycles. The van der Waals surface area contributed by atoms with E-state index in [2.05, 4.69) is 12.1 Å². The summed E-state index contributed by atoms with van der Waals surface area (Å²) >= 11 is 0. The Morgan fingerprint density at radius 1 is 1.42 bits per heavy atom. The molecule has 1 aliphatic rings. The number of ether oxygens (including phenoxy) is 2. The second kappa shape index (κ2) is 3.15. The smallest absolute Gasteiger partial charge is 0.118 e. The Morgan fingerprint density at radius 3 is 2.58 bits per heavy atom. The second-order valence-electron chi connectivity index (χ2n) is 3.01. The van der Waals surface area contributed by atoms with Crippen molar-refractivity contribution < 1.29 is 9.47 Å². The first-order chi connectivity index (χ1) is 5.88. The van der Waals surface area contributed by atoms with Crippen LogP contribution in [0.25, 0.3) is 0 Å². The Kier molecular flexibility index (Phi) is 2.00. The zero-order chi connectivity index (χ0) is 8.39. The minimum absolute atomic E-state index is 0.471. The van der Waals surface area contributed by atoms with Crippen molar-refractivity contribution in [2.45, 2.75) is 12.5 Å². The molecule has 0 aliphatic carbocycles. The monoisotopic (exact) mass is 164 g/mol. The van der Waals surface area contributed by atoms with Crippen molar-refractivity contribution in [3.8, 4) is 5.75 Å². The van der Waals surface area contributed by atoms with Crippen LogP contribution in [0.2, 0.25) is 0 Å². The summed E-state index contributed by atoms with van der Waals surface area (Å²) < 4.78 is 10.2. The first-order valence-corrected chi connectivity index (χ1v) is 4.13. The molecule has 0 spiro atoms. The minimum Gasteiger partial charge on any atom is -0.497 e. The summed E-state index contributed by atoms with van der Waals surface area (Å²) in [7, 11) is 1.68. The maximum Gasteiger partial charge on any atom is 0.118 e. The van der Waals surface area contributed by atoms with Crippen molar-refractivity contribution in [2.75, 3.05) is 13.7 Å². The fraction of sp³-hybridized carbons (Fsp3) is 0.400. The van der Waals surface area contributed by atoms with Crippen LogP contribution in [-0.4, -0.2) is 19.8 Å². The summed E-state index contributed by atoms with van der Waals surface area (Å²) in [6, 6.07) is 8.14. The van der Waals surface area contributed by atoms with Crippen molar-refractivity contribution in [3.63, 3.8) is 0 Å². The molecule has 64 valence electrons. The van der Waals surface area contributed by atoms with Crippen molar-refractivity contribution >= 4 is 0 Å². The van der Waals surface area contributed by atoms with E-state index in [1.807, 2.05) is 12.1 Å². The molecule has 1 heterocycles. The summed E-state index contributed by atoms with van der Waals surface area (Å²) in [4.78, 5) is 0. The van der Waals surface area contributed by atoms with Crippen LogP contribution in [0.5, 0.6) is 5.75 Å². The third kappa shape index (κ3) is 1.77. The first kappa shape index (κ1) is 7.62. The molecule has 0 amide bonds. The van der Waals surface area contributed by atoms with Crippen LogP contribution in [0, 0.1) is 0 Å². The number of hydrogen-bond acceptors (Lipinski definition) is 2. The first-order valence-electron chi connectivity index (χ1n) is 4.13. The van der Waals surface area contributed by atoms with Gasteiger partial charge in [-0.15, -0.1) is 0 Å². The number of rotatable bonds is 3. The molecule has 0 N–H and O–H groups in total. The lowest BCUT2D eigenvalue weighted by Gasteiger charge is -2.00. The van der Waals surface area contributed by atoms with E-state index >= 15 is 0 Å². The predicted octanol–water partition coefficient (Wildman–Crippen LogP) is 1.64. The van der Waals surface area contributed by atoms with Crippen LogP contribution in [-0.2, 0) is 11.2 Å². The van der Waals surface area contributed by atoms with Gasteiger partial charge in [0.05, 0.1) is 19.8 Å². The molecule has 1 aromatic rings. The maximum atomic E-state index is 5.14. The molecule has 0 bridgehead atoms.